The van der Waals surface area contributed by atoms with Crippen LogP contribution >= 0.6 is 15.9 Å². The molecule has 1 spiro atoms. The van der Waals surface area contributed by atoms with Gasteiger partial charge >= 0.3 is 0 Å². The number of hydrogen-bond donors (Lipinski definition) is 0. The zero-order chi connectivity index (χ0) is 12.6. The third-order valence-corrected chi connectivity index (χ3v) is 5.35. The third-order valence-electron chi connectivity index (χ3n) is 4.86. The van der Waals surface area contributed by atoms with E-state index in [-0.39, 0.29) is 5.41 Å². The smallest absolute Gasteiger partial charge is 0.0833 e. The van der Waals surface area contributed by atoms with Crippen molar-refractivity contribution >= 4 is 15.9 Å². The Balaban J connectivity index is 1.85. The molecule has 0 heterocycles. The first kappa shape index (κ1) is 12.2. The SMILES string of the molecule is N#CC1(c2cccc(Br)c2)CC2(CCCCC2)C1. The average Bonchev–Trinajstić information content (AvgIpc) is 2.36. The van der Waals surface area contributed by atoms with E-state index >= 15 is 0 Å². The highest BCUT2D eigenvalue weighted by atomic mass is 79.9. The van der Waals surface area contributed by atoms with E-state index in [0.717, 1.165) is 17.3 Å². The minimum absolute atomic E-state index is 0.207. The Morgan fingerprint density at radius 2 is 1.83 bits per heavy atom. The Labute approximate surface area is 117 Å². The van der Waals surface area contributed by atoms with Gasteiger partial charge in [0.25, 0.3) is 0 Å². The predicted octanol–water partition coefficient (Wildman–Crippen LogP) is 4.95. The van der Waals surface area contributed by atoms with Crippen molar-refractivity contribution in [1.29, 1.82) is 5.26 Å². The van der Waals surface area contributed by atoms with E-state index < -0.39 is 0 Å². The molecule has 0 unspecified atom stereocenters. The molecule has 1 nitrogen and oxygen atoms in total. The van der Waals surface area contributed by atoms with Crippen LogP contribution in [0.5, 0.6) is 0 Å². The maximum absolute atomic E-state index is 9.63. The molecule has 0 radical (unpaired) electrons. The molecule has 3 rings (SSSR count). The van der Waals surface area contributed by atoms with Gasteiger partial charge in [0.05, 0.1) is 11.5 Å². The van der Waals surface area contributed by atoms with E-state index in [4.69, 9.17) is 0 Å². The van der Waals surface area contributed by atoms with Crippen LogP contribution in [-0.4, -0.2) is 0 Å². The van der Waals surface area contributed by atoms with Gasteiger partial charge in [-0.25, -0.2) is 0 Å². The first-order chi connectivity index (χ1) is 8.68. The van der Waals surface area contributed by atoms with Crippen molar-refractivity contribution < 1.29 is 0 Å². The Bertz CT molecular complexity index is 486. The van der Waals surface area contributed by atoms with Gasteiger partial charge in [0.2, 0.25) is 0 Å². The number of benzene rings is 1. The lowest BCUT2D eigenvalue weighted by atomic mass is 9.47. The number of nitrogens with zero attached hydrogens (tertiary/aromatic N) is 1. The molecule has 1 aromatic carbocycles. The summed E-state index contributed by atoms with van der Waals surface area (Å²) in [5.41, 5.74) is 1.49. The molecule has 0 bridgehead atoms. The molecule has 18 heavy (non-hydrogen) atoms. The van der Waals surface area contributed by atoms with Crippen LogP contribution in [0, 0.1) is 16.7 Å². The lowest BCUT2D eigenvalue weighted by Gasteiger charge is -2.55. The van der Waals surface area contributed by atoms with Gasteiger partial charge in [0.1, 0.15) is 0 Å². The monoisotopic (exact) mass is 303 g/mol. The quantitative estimate of drug-likeness (QED) is 0.719. The van der Waals surface area contributed by atoms with Crippen molar-refractivity contribution in [3.63, 3.8) is 0 Å². The molecule has 2 heteroatoms. The van der Waals surface area contributed by atoms with Gasteiger partial charge in [-0.2, -0.15) is 5.26 Å². The van der Waals surface area contributed by atoms with E-state index in [2.05, 4.69) is 34.1 Å². The summed E-state index contributed by atoms with van der Waals surface area (Å²) in [7, 11) is 0. The van der Waals surface area contributed by atoms with E-state index in [0.29, 0.717) is 5.41 Å². The summed E-state index contributed by atoms with van der Waals surface area (Å²) >= 11 is 3.52. The molecular weight excluding hydrogens is 286 g/mol. The first-order valence-electron chi connectivity index (χ1n) is 6.86. The standard InChI is InChI=1S/C16H18BrN/c17-14-6-4-5-13(9-14)16(12-18)10-15(11-16)7-2-1-3-8-15/h4-6,9H,1-3,7-8,10-11H2. The molecule has 94 valence electrons. The molecule has 0 aromatic heterocycles. The highest BCUT2D eigenvalue weighted by molar-refractivity contribution is 9.10. The van der Waals surface area contributed by atoms with Crippen LogP contribution < -0.4 is 0 Å². The van der Waals surface area contributed by atoms with Crippen molar-refractivity contribution in [3.05, 3.63) is 34.3 Å². The summed E-state index contributed by atoms with van der Waals surface area (Å²) in [6, 6.07) is 10.9. The fraction of sp³-hybridized carbons (Fsp3) is 0.562. The predicted molar refractivity (Wildman–Crippen MR) is 76.2 cm³/mol. The molecule has 2 aliphatic carbocycles. The highest BCUT2D eigenvalue weighted by Crippen LogP contribution is 2.61. The van der Waals surface area contributed by atoms with Gasteiger partial charge in [-0.1, -0.05) is 47.3 Å². The minimum atomic E-state index is -0.207. The molecule has 0 amide bonds. The van der Waals surface area contributed by atoms with Crippen molar-refractivity contribution in [2.75, 3.05) is 0 Å². The molecule has 0 atom stereocenters. The van der Waals surface area contributed by atoms with Crippen molar-refractivity contribution in [1.82, 2.24) is 0 Å². The Morgan fingerprint density at radius 1 is 1.11 bits per heavy atom. The maximum Gasteiger partial charge on any atom is 0.0833 e. The van der Waals surface area contributed by atoms with Gasteiger partial charge in [-0.15, -0.1) is 0 Å². The van der Waals surface area contributed by atoms with E-state index in [9.17, 15) is 5.26 Å². The normalized spacial score (nSPS) is 24.2. The second-order valence-electron chi connectivity index (χ2n) is 6.12. The van der Waals surface area contributed by atoms with E-state index in [1.165, 1.54) is 37.7 Å². The lowest BCUT2D eigenvalue weighted by molar-refractivity contribution is 0.0168. The zero-order valence-electron chi connectivity index (χ0n) is 10.6. The second-order valence-corrected chi connectivity index (χ2v) is 7.03. The van der Waals surface area contributed by atoms with Crippen molar-refractivity contribution in [3.8, 4) is 6.07 Å². The fourth-order valence-corrected chi connectivity index (χ4v) is 4.42. The van der Waals surface area contributed by atoms with Crippen molar-refractivity contribution in [2.45, 2.75) is 50.4 Å². The second kappa shape index (κ2) is 4.38. The number of halogens is 1. The molecule has 0 saturated heterocycles. The van der Waals surface area contributed by atoms with Crippen LogP contribution in [0.25, 0.3) is 0 Å². The summed E-state index contributed by atoms with van der Waals surface area (Å²) in [4.78, 5) is 0. The molecule has 1 aromatic rings. The van der Waals surface area contributed by atoms with Crippen LogP contribution in [0.1, 0.15) is 50.5 Å². The molecule has 0 N–H and O–H groups in total. The minimum Gasteiger partial charge on any atom is -0.197 e. The average molecular weight is 304 g/mol. The summed E-state index contributed by atoms with van der Waals surface area (Å²) in [5, 5.41) is 9.63. The van der Waals surface area contributed by atoms with E-state index in [1.807, 2.05) is 12.1 Å². The third kappa shape index (κ3) is 1.89. The summed E-state index contributed by atoms with van der Waals surface area (Å²) in [6.45, 7) is 0. The number of rotatable bonds is 1. The highest BCUT2D eigenvalue weighted by Gasteiger charge is 2.55. The lowest BCUT2D eigenvalue weighted by Crippen LogP contribution is -2.49. The van der Waals surface area contributed by atoms with Crippen LogP contribution in [-0.2, 0) is 5.41 Å². The topological polar surface area (TPSA) is 23.8 Å². The van der Waals surface area contributed by atoms with Crippen LogP contribution in [0.15, 0.2) is 28.7 Å². The van der Waals surface area contributed by atoms with Gasteiger partial charge in [-0.3, -0.25) is 0 Å². The van der Waals surface area contributed by atoms with Gasteiger partial charge in [-0.05, 0) is 48.8 Å². The molecule has 2 saturated carbocycles. The van der Waals surface area contributed by atoms with Crippen LogP contribution in [0.2, 0.25) is 0 Å². The maximum atomic E-state index is 9.63. The van der Waals surface area contributed by atoms with Crippen molar-refractivity contribution in [2.24, 2.45) is 5.41 Å². The van der Waals surface area contributed by atoms with Gasteiger partial charge < -0.3 is 0 Å². The molecular formula is C16H18BrN. The Morgan fingerprint density at radius 3 is 2.44 bits per heavy atom. The number of nitriles is 1. The zero-order valence-corrected chi connectivity index (χ0v) is 12.2. The number of hydrogen-bond acceptors (Lipinski definition) is 1. The van der Waals surface area contributed by atoms with Gasteiger partial charge in [0.15, 0.2) is 0 Å². The van der Waals surface area contributed by atoms with Gasteiger partial charge in [0, 0.05) is 4.47 Å². The van der Waals surface area contributed by atoms with Crippen LogP contribution in [0.3, 0.4) is 0 Å². The summed E-state index contributed by atoms with van der Waals surface area (Å²) < 4.78 is 1.08. The fourth-order valence-electron chi connectivity index (χ4n) is 4.02. The molecule has 0 aliphatic heterocycles. The van der Waals surface area contributed by atoms with Crippen LogP contribution in [0.4, 0.5) is 0 Å². The Hall–Kier alpha value is -0.810. The summed E-state index contributed by atoms with van der Waals surface area (Å²) in [5.74, 6) is 0. The molecule has 2 fully saturated rings. The largest absolute Gasteiger partial charge is 0.197 e. The first-order valence-corrected chi connectivity index (χ1v) is 7.65. The Kier molecular flexibility index (Phi) is 2.98. The molecule has 2 aliphatic rings. The summed E-state index contributed by atoms with van der Waals surface area (Å²) in [6.07, 6.45) is 8.94. The van der Waals surface area contributed by atoms with E-state index in [1.54, 1.807) is 0 Å².